The Kier molecular flexibility index (Phi) is 2.26. The lowest BCUT2D eigenvalue weighted by Crippen LogP contribution is -2.31. The van der Waals surface area contributed by atoms with Gasteiger partial charge < -0.3 is 5.11 Å². The molecule has 0 radical (unpaired) electrons. The molecule has 3 rings (SSSR count). The molecule has 1 aliphatic rings. The summed E-state index contributed by atoms with van der Waals surface area (Å²) in [5, 5.41) is 8.91. The molecule has 1 aromatic heterocycles. The van der Waals surface area contributed by atoms with Gasteiger partial charge in [0.25, 0.3) is 5.56 Å². The van der Waals surface area contributed by atoms with E-state index in [4.69, 9.17) is 5.11 Å². The van der Waals surface area contributed by atoms with E-state index in [2.05, 4.69) is 4.98 Å². The van der Waals surface area contributed by atoms with Crippen LogP contribution >= 0.6 is 0 Å². The maximum absolute atomic E-state index is 12.0. The van der Waals surface area contributed by atoms with E-state index >= 15 is 0 Å². The first-order valence-electron chi connectivity index (χ1n) is 5.60. The van der Waals surface area contributed by atoms with E-state index in [0.29, 0.717) is 18.8 Å². The van der Waals surface area contributed by atoms with Gasteiger partial charge in [-0.1, -0.05) is 24.3 Å². The summed E-state index contributed by atoms with van der Waals surface area (Å²) in [6.07, 6.45) is 1.85. The molecule has 90 valence electrons. The molecule has 0 saturated carbocycles. The zero-order chi connectivity index (χ0) is 12.7. The molecule has 0 atom stereocenters. The number of nitrogens with zero attached hydrogens (tertiary/aromatic N) is 2. The first-order chi connectivity index (χ1) is 8.68. The number of aryl methyl sites for hydroxylation is 1. The molecule has 0 fully saturated rings. The molecule has 2 aromatic rings. The van der Waals surface area contributed by atoms with Crippen molar-refractivity contribution in [3.05, 3.63) is 51.9 Å². The summed E-state index contributed by atoms with van der Waals surface area (Å²) < 4.78 is 1.44. The smallest absolute Gasteiger partial charge is 0.342 e. The second-order valence-electron chi connectivity index (χ2n) is 4.16. The van der Waals surface area contributed by atoms with E-state index in [-0.39, 0.29) is 5.56 Å². The minimum absolute atomic E-state index is 0.280. The molecule has 0 bridgehead atoms. The molecule has 0 aliphatic carbocycles. The van der Waals surface area contributed by atoms with Crippen LogP contribution < -0.4 is 5.56 Å². The van der Waals surface area contributed by atoms with Gasteiger partial charge in [0.05, 0.1) is 0 Å². The van der Waals surface area contributed by atoms with Crippen LogP contribution in [-0.2, 0) is 13.0 Å². The number of carbonyl (C=O) groups is 1. The van der Waals surface area contributed by atoms with Crippen LogP contribution in [0.15, 0.2) is 35.3 Å². The third kappa shape index (κ3) is 1.44. The highest BCUT2D eigenvalue weighted by Gasteiger charge is 2.21. The van der Waals surface area contributed by atoms with Crippen molar-refractivity contribution in [2.45, 2.75) is 13.0 Å². The molecular weight excluding hydrogens is 232 g/mol. The van der Waals surface area contributed by atoms with Gasteiger partial charge in [-0.25, -0.2) is 9.78 Å². The monoisotopic (exact) mass is 242 g/mol. The van der Waals surface area contributed by atoms with Crippen molar-refractivity contribution in [3.8, 4) is 11.4 Å². The predicted octanol–water partition coefficient (Wildman–Crippen LogP) is 1.16. The van der Waals surface area contributed by atoms with Crippen LogP contribution in [0.2, 0.25) is 0 Å². The standard InChI is InChI=1S/C13H10N2O3/c16-12-10(13(17)18)7-14-11-9-4-2-1-3-8(9)5-6-15(11)12/h1-4,7H,5-6H2,(H,17,18). The lowest BCUT2D eigenvalue weighted by Gasteiger charge is -2.20. The van der Waals surface area contributed by atoms with E-state index in [0.717, 1.165) is 17.3 Å². The SMILES string of the molecule is O=C(O)c1cnc2n(c1=O)CCc1ccccc1-2. The Bertz CT molecular complexity index is 704. The maximum atomic E-state index is 12.0. The molecule has 1 N–H and O–H groups in total. The average Bonchev–Trinajstić information content (AvgIpc) is 2.38. The van der Waals surface area contributed by atoms with Crippen LogP contribution in [-0.4, -0.2) is 20.6 Å². The lowest BCUT2D eigenvalue weighted by atomic mass is 10.0. The highest BCUT2D eigenvalue weighted by atomic mass is 16.4. The normalized spacial score (nSPS) is 12.7. The van der Waals surface area contributed by atoms with Crippen LogP contribution in [0.4, 0.5) is 0 Å². The first-order valence-corrected chi connectivity index (χ1v) is 5.60. The van der Waals surface area contributed by atoms with Gasteiger partial charge in [0.1, 0.15) is 11.4 Å². The van der Waals surface area contributed by atoms with Crippen molar-refractivity contribution in [2.24, 2.45) is 0 Å². The molecule has 5 heteroatoms. The van der Waals surface area contributed by atoms with E-state index in [1.165, 1.54) is 4.57 Å². The number of carboxylic acids is 1. The first kappa shape index (κ1) is 10.7. The Labute approximate surface area is 102 Å². The summed E-state index contributed by atoms with van der Waals surface area (Å²) in [4.78, 5) is 27.0. The van der Waals surface area contributed by atoms with Crippen molar-refractivity contribution >= 4 is 5.97 Å². The van der Waals surface area contributed by atoms with Crippen LogP contribution in [0.3, 0.4) is 0 Å². The van der Waals surface area contributed by atoms with E-state index < -0.39 is 11.5 Å². The summed E-state index contributed by atoms with van der Waals surface area (Å²) in [6, 6.07) is 7.72. The highest BCUT2D eigenvalue weighted by molar-refractivity contribution is 5.87. The van der Waals surface area contributed by atoms with E-state index in [1.807, 2.05) is 24.3 Å². The third-order valence-electron chi connectivity index (χ3n) is 3.14. The fourth-order valence-electron chi connectivity index (χ4n) is 2.25. The number of hydrogen-bond donors (Lipinski definition) is 1. The van der Waals surface area contributed by atoms with Gasteiger partial charge in [-0.15, -0.1) is 0 Å². The molecule has 0 spiro atoms. The number of rotatable bonds is 1. The molecule has 18 heavy (non-hydrogen) atoms. The fraction of sp³-hybridized carbons (Fsp3) is 0.154. The molecule has 1 aromatic carbocycles. The predicted molar refractivity (Wildman–Crippen MR) is 64.6 cm³/mol. The van der Waals surface area contributed by atoms with Gasteiger partial charge in [0.15, 0.2) is 0 Å². The zero-order valence-electron chi connectivity index (χ0n) is 9.46. The minimum atomic E-state index is -1.23. The molecule has 2 heterocycles. The van der Waals surface area contributed by atoms with Crippen molar-refractivity contribution in [1.29, 1.82) is 0 Å². The van der Waals surface area contributed by atoms with Crippen molar-refractivity contribution in [3.63, 3.8) is 0 Å². The summed E-state index contributed by atoms with van der Waals surface area (Å²) in [5.74, 6) is -0.687. The lowest BCUT2D eigenvalue weighted by molar-refractivity contribution is 0.0693. The maximum Gasteiger partial charge on any atom is 0.342 e. The Morgan fingerprint density at radius 3 is 2.89 bits per heavy atom. The summed E-state index contributed by atoms with van der Waals surface area (Å²) in [7, 11) is 0. The largest absolute Gasteiger partial charge is 0.477 e. The number of aromatic carboxylic acids is 1. The third-order valence-corrected chi connectivity index (χ3v) is 3.14. The van der Waals surface area contributed by atoms with Crippen molar-refractivity contribution in [1.82, 2.24) is 9.55 Å². The topological polar surface area (TPSA) is 72.2 Å². The highest BCUT2D eigenvalue weighted by Crippen LogP contribution is 2.25. The number of carboxylic acid groups (broad SMARTS) is 1. The number of fused-ring (bicyclic) bond motifs is 3. The van der Waals surface area contributed by atoms with Gasteiger partial charge in [0.2, 0.25) is 0 Å². The zero-order valence-corrected chi connectivity index (χ0v) is 9.46. The minimum Gasteiger partial charge on any atom is -0.477 e. The fourth-order valence-corrected chi connectivity index (χ4v) is 2.25. The molecule has 1 aliphatic heterocycles. The number of hydrogen-bond acceptors (Lipinski definition) is 3. The number of benzene rings is 1. The van der Waals surface area contributed by atoms with Gasteiger partial charge in [-0.05, 0) is 12.0 Å². The molecular formula is C13H10N2O3. The second kappa shape index (κ2) is 3.80. The average molecular weight is 242 g/mol. The second-order valence-corrected chi connectivity index (χ2v) is 4.16. The van der Waals surface area contributed by atoms with Gasteiger partial charge in [0, 0.05) is 18.3 Å². The van der Waals surface area contributed by atoms with Crippen LogP contribution in [0.1, 0.15) is 15.9 Å². The van der Waals surface area contributed by atoms with Crippen LogP contribution in [0.5, 0.6) is 0 Å². The van der Waals surface area contributed by atoms with Gasteiger partial charge in [-0.2, -0.15) is 0 Å². The van der Waals surface area contributed by atoms with Gasteiger partial charge in [-0.3, -0.25) is 9.36 Å². The summed E-state index contributed by atoms with van der Waals surface area (Å²) in [5.41, 5.74) is 1.27. The molecule has 5 nitrogen and oxygen atoms in total. The van der Waals surface area contributed by atoms with E-state index in [1.54, 1.807) is 0 Å². The molecule has 0 unspecified atom stereocenters. The van der Waals surface area contributed by atoms with E-state index in [9.17, 15) is 9.59 Å². The Balaban J connectivity index is 2.29. The summed E-state index contributed by atoms with van der Waals surface area (Å²) in [6.45, 7) is 0.472. The number of aromatic nitrogens is 2. The van der Waals surface area contributed by atoms with Crippen molar-refractivity contribution < 1.29 is 9.90 Å². The van der Waals surface area contributed by atoms with Crippen molar-refractivity contribution in [2.75, 3.05) is 0 Å². The Morgan fingerprint density at radius 1 is 1.33 bits per heavy atom. The molecule has 0 amide bonds. The van der Waals surface area contributed by atoms with Gasteiger partial charge >= 0.3 is 5.97 Å². The quantitative estimate of drug-likeness (QED) is 0.814. The Morgan fingerprint density at radius 2 is 2.11 bits per heavy atom. The Hall–Kier alpha value is -2.43. The van der Waals surface area contributed by atoms with Crippen LogP contribution in [0, 0.1) is 0 Å². The van der Waals surface area contributed by atoms with Crippen LogP contribution in [0.25, 0.3) is 11.4 Å². The summed E-state index contributed by atoms with van der Waals surface area (Å²) >= 11 is 0. The molecule has 0 saturated heterocycles.